The zero-order chi connectivity index (χ0) is 44.1. The van der Waals surface area contributed by atoms with Gasteiger partial charge in [-0.3, -0.25) is 0 Å². The van der Waals surface area contributed by atoms with Crippen molar-refractivity contribution in [2.24, 2.45) is 0 Å². The van der Waals surface area contributed by atoms with Gasteiger partial charge >= 0.3 is 0 Å². The maximum Gasteiger partial charge on any atom is 0.0462 e. The minimum Gasteiger partial charge on any atom is -0.311 e. The highest BCUT2D eigenvalue weighted by Gasteiger charge is 2.17. The molecule has 11 aromatic rings. The first-order valence-electron chi connectivity index (χ1n) is 22.3. The molecule has 0 amide bonds. The summed E-state index contributed by atoms with van der Waals surface area (Å²) >= 11 is 1.84. The Morgan fingerprint density at radius 1 is 0.212 bits per heavy atom. The summed E-state index contributed by atoms with van der Waals surface area (Å²) in [5, 5.41) is 1.28. The lowest BCUT2D eigenvalue weighted by molar-refractivity contribution is 1.28. The molecule has 0 saturated heterocycles. The second kappa shape index (κ2) is 18.3. The zero-order valence-corrected chi connectivity index (χ0v) is 37.0. The summed E-state index contributed by atoms with van der Waals surface area (Å²) in [6.07, 6.45) is 0. The predicted molar refractivity (Wildman–Crippen MR) is 282 cm³/mol. The fraction of sp³-hybridized carbons (Fsp3) is 0. The summed E-state index contributed by atoms with van der Waals surface area (Å²) in [7, 11) is 0. The van der Waals surface area contributed by atoms with Crippen LogP contribution in [0.3, 0.4) is 0 Å². The van der Waals surface area contributed by atoms with Gasteiger partial charge in [-0.25, -0.2) is 0 Å². The Balaban J connectivity index is 0.900. The highest BCUT2D eigenvalue weighted by atomic mass is 32.1. The van der Waals surface area contributed by atoms with Crippen LogP contribution in [0.15, 0.2) is 273 Å². The molecule has 1 heterocycles. The molecule has 314 valence electrons. The summed E-state index contributed by atoms with van der Waals surface area (Å²) in [6.45, 7) is 0. The maximum atomic E-state index is 2.35. The van der Waals surface area contributed by atoms with Crippen LogP contribution in [0.25, 0.3) is 42.8 Å². The molecule has 0 atom stereocenters. The molecule has 3 nitrogen and oxygen atoms in total. The number of fused-ring (bicyclic) bond motifs is 1. The summed E-state index contributed by atoms with van der Waals surface area (Å²) in [5.41, 5.74) is 15.8. The van der Waals surface area contributed by atoms with Gasteiger partial charge in [-0.1, -0.05) is 152 Å². The van der Waals surface area contributed by atoms with Crippen molar-refractivity contribution < 1.29 is 0 Å². The smallest absolute Gasteiger partial charge is 0.0462 e. The lowest BCUT2D eigenvalue weighted by atomic mass is 10.0. The minimum atomic E-state index is 1.09. The van der Waals surface area contributed by atoms with Gasteiger partial charge in [0.15, 0.2) is 0 Å². The normalized spacial score (nSPS) is 11.0. The van der Waals surface area contributed by atoms with Crippen LogP contribution in [0, 0.1) is 0 Å². The molecule has 66 heavy (non-hydrogen) atoms. The number of benzene rings is 10. The molecule has 0 bridgehead atoms. The molecule has 0 spiro atoms. The second-order valence-corrected chi connectivity index (χ2v) is 17.3. The van der Waals surface area contributed by atoms with Gasteiger partial charge in [-0.05, 0) is 155 Å². The van der Waals surface area contributed by atoms with Crippen molar-refractivity contribution in [3.05, 3.63) is 273 Å². The van der Waals surface area contributed by atoms with Crippen molar-refractivity contribution in [3.63, 3.8) is 0 Å². The van der Waals surface area contributed by atoms with Crippen LogP contribution in [-0.2, 0) is 0 Å². The lowest BCUT2D eigenvalue weighted by Crippen LogP contribution is -2.10. The molecule has 0 aliphatic heterocycles. The average Bonchev–Trinajstić information content (AvgIpc) is 3.84. The molecule has 0 saturated carbocycles. The van der Waals surface area contributed by atoms with Gasteiger partial charge in [0.25, 0.3) is 0 Å². The number of thiophene rings is 1. The molecule has 4 heteroatoms. The van der Waals surface area contributed by atoms with Gasteiger partial charge in [0.1, 0.15) is 0 Å². The van der Waals surface area contributed by atoms with Crippen LogP contribution in [0.4, 0.5) is 51.2 Å². The molecule has 0 N–H and O–H groups in total. The average molecular weight is 864 g/mol. The number of para-hydroxylation sites is 4. The van der Waals surface area contributed by atoms with E-state index in [2.05, 4.69) is 288 Å². The first kappa shape index (κ1) is 40.3. The van der Waals surface area contributed by atoms with Crippen molar-refractivity contribution in [1.29, 1.82) is 0 Å². The molecule has 0 aliphatic carbocycles. The van der Waals surface area contributed by atoms with E-state index < -0.39 is 0 Å². The minimum absolute atomic E-state index is 1.09. The van der Waals surface area contributed by atoms with Gasteiger partial charge in [0.05, 0.1) is 0 Å². The van der Waals surface area contributed by atoms with E-state index in [9.17, 15) is 0 Å². The van der Waals surface area contributed by atoms with E-state index in [1.54, 1.807) is 0 Å². The molecule has 0 radical (unpaired) electrons. The molecule has 11 rings (SSSR count). The van der Waals surface area contributed by atoms with Gasteiger partial charge in [-0.15, -0.1) is 11.3 Å². The van der Waals surface area contributed by atoms with Crippen LogP contribution in [0.5, 0.6) is 0 Å². The van der Waals surface area contributed by atoms with E-state index in [0.29, 0.717) is 0 Å². The van der Waals surface area contributed by atoms with Crippen molar-refractivity contribution in [2.45, 2.75) is 0 Å². The van der Waals surface area contributed by atoms with Crippen LogP contribution < -0.4 is 14.7 Å². The summed E-state index contributed by atoms with van der Waals surface area (Å²) in [4.78, 5) is 8.21. The van der Waals surface area contributed by atoms with Crippen LogP contribution in [0.2, 0.25) is 0 Å². The van der Waals surface area contributed by atoms with Crippen molar-refractivity contribution in [3.8, 4) is 32.7 Å². The fourth-order valence-electron chi connectivity index (χ4n) is 8.76. The topological polar surface area (TPSA) is 9.72 Å². The number of nitrogens with zero attached hydrogens (tertiary/aromatic N) is 3. The molecular formula is C62H45N3S. The van der Waals surface area contributed by atoms with Gasteiger partial charge in [-0.2, -0.15) is 0 Å². The maximum absolute atomic E-state index is 2.35. The lowest BCUT2D eigenvalue weighted by Gasteiger charge is -2.26. The molecule has 0 unspecified atom stereocenters. The predicted octanol–water partition coefficient (Wildman–Crippen LogP) is 18.3. The third-order valence-corrected chi connectivity index (χ3v) is 13.2. The second-order valence-electron chi connectivity index (χ2n) is 16.2. The number of rotatable bonds is 12. The Bertz CT molecular complexity index is 3020. The van der Waals surface area contributed by atoms with Crippen molar-refractivity contribution in [2.75, 3.05) is 14.7 Å². The van der Waals surface area contributed by atoms with E-state index in [4.69, 9.17) is 0 Å². The van der Waals surface area contributed by atoms with E-state index in [0.717, 1.165) is 73.4 Å². The SMILES string of the molecule is c1ccc(N(c2ccccc2)c2ccc(-c3ccc(N(c4ccc(-c5ccc(N(c6ccccc6)c6ccccc6)cc5)cc4)c4ccc(-c5cc6ccccc6s5)cc4)cc3)cc2)cc1. The van der Waals surface area contributed by atoms with Crippen molar-refractivity contribution in [1.82, 2.24) is 0 Å². The largest absolute Gasteiger partial charge is 0.311 e. The van der Waals surface area contributed by atoms with E-state index >= 15 is 0 Å². The summed E-state index contributed by atoms with van der Waals surface area (Å²) < 4.78 is 1.30. The fourth-order valence-corrected chi connectivity index (χ4v) is 9.83. The van der Waals surface area contributed by atoms with Crippen molar-refractivity contribution >= 4 is 72.6 Å². The first-order valence-corrected chi connectivity index (χ1v) is 23.1. The van der Waals surface area contributed by atoms with E-state index in [-0.39, 0.29) is 0 Å². The Labute approximate surface area is 391 Å². The van der Waals surface area contributed by atoms with E-state index in [1.165, 1.54) is 20.5 Å². The zero-order valence-electron chi connectivity index (χ0n) is 36.2. The van der Waals surface area contributed by atoms with Gasteiger partial charge < -0.3 is 14.7 Å². The summed E-state index contributed by atoms with van der Waals surface area (Å²) in [6, 6.07) is 97.7. The van der Waals surface area contributed by atoms with Crippen LogP contribution >= 0.6 is 11.3 Å². The highest BCUT2D eigenvalue weighted by Crippen LogP contribution is 2.41. The monoisotopic (exact) mass is 863 g/mol. The Hall–Kier alpha value is -8.44. The summed E-state index contributed by atoms with van der Waals surface area (Å²) in [5.74, 6) is 0. The number of hydrogen-bond acceptors (Lipinski definition) is 4. The highest BCUT2D eigenvalue weighted by molar-refractivity contribution is 7.22. The Kier molecular flexibility index (Phi) is 11.2. The van der Waals surface area contributed by atoms with Gasteiger partial charge in [0, 0.05) is 60.8 Å². The Morgan fingerprint density at radius 2 is 0.455 bits per heavy atom. The van der Waals surface area contributed by atoms with E-state index in [1.807, 2.05) is 11.3 Å². The molecular weight excluding hydrogens is 819 g/mol. The number of hydrogen-bond donors (Lipinski definition) is 0. The van der Waals surface area contributed by atoms with Gasteiger partial charge in [0.2, 0.25) is 0 Å². The first-order chi connectivity index (χ1) is 32.7. The quantitative estimate of drug-likeness (QED) is 0.121. The van der Waals surface area contributed by atoms with Crippen LogP contribution in [-0.4, -0.2) is 0 Å². The molecule has 10 aromatic carbocycles. The molecule has 1 aromatic heterocycles. The van der Waals surface area contributed by atoms with Crippen LogP contribution in [0.1, 0.15) is 0 Å². The molecule has 0 aliphatic rings. The standard InChI is InChI=1S/C62H45N3S/c1-5-16-52(17-6-1)63(53-18-7-2-8-19-53)56-35-25-46(26-36-56)48-29-39-58(40-30-48)65(60-43-33-50(34-44-60)62-45-51-15-13-14-24-61(51)66-62)59-41-31-49(32-42-59)47-27-37-57(38-28-47)64(54-20-9-3-10-21-54)55-22-11-4-12-23-55/h1-45H. The third-order valence-electron chi connectivity index (χ3n) is 12.1. The third kappa shape index (κ3) is 8.37. The molecule has 0 fully saturated rings. The number of anilines is 9. The Morgan fingerprint density at radius 3 is 0.742 bits per heavy atom.